The molecular formula is C58H109NO5. The van der Waals surface area contributed by atoms with Crippen LogP contribution in [0.25, 0.3) is 0 Å². The molecule has 0 saturated carbocycles. The summed E-state index contributed by atoms with van der Waals surface area (Å²) in [6.07, 6.45) is 66.0. The van der Waals surface area contributed by atoms with Gasteiger partial charge in [0.25, 0.3) is 0 Å². The van der Waals surface area contributed by atoms with Crippen LogP contribution >= 0.6 is 0 Å². The Labute approximate surface area is 398 Å². The summed E-state index contributed by atoms with van der Waals surface area (Å²) in [6.45, 7) is 4.85. The predicted octanol–water partition coefficient (Wildman–Crippen LogP) is 17.2. The number of unbranched alkanes of at least 4 members (excludes halogenated alkanes) is 37. The predicted molar refractivity (Wildman–Crippen MR) is 278 cm³/mol. The van der Waals surface area contributed by atoms with Crippen molar-refractivity contribution in [2.24, 2.45) is 0 Å². The molecular weight excluding hydrogens is 791 g/mol. The fraction of sp³-hybridized carbons (Fsp3) is 0.862. The second kappa shape index (κ2) is 53.7. The Kier molecular flexibility index (Phi) is 52.1. The molecule has 2 atom stereocenters. The zero-order valence-corrected chi connectivity index (χ0v) is 42.8. The number of hydrogen-bond acceptors (Lipinski definition) is 5. The van der Waals surface area contributed by atoms with Gasteiger partial charge in [0.05, 0.1) is 25.4 Å². The monoisotopic (exact) mass is 900 g/mol. The Morgan fingerprint density at radius 3 is 1.22 bits per heavy atom. The van der Waals surface area contributed by atoms with E-state index in [4.69, 9.17) is 4.74 Å². The van der Waals surface area contributed by atoms with Crippen molar-refractivity contribution in [1.29, 1.82) is 0 Å². The van der Waals surface area contributed by atoms with Gasteiger partial charge in [-0.2, -0.15) is 0 Å². The van der Waals surface area contributed by atoms with Gasteiger partial charge in [0.1, 0.15) is 0 Å². The molecule has 0 radical (unpaired) electrons. The molecule has 6 nitrogen and oxygen atoms in total. The van der Waals surface area contributed by atoms with E-state index in [1.54, 1.807) is 6.08 Å². The van der Waals surface area contributed by atoms with Gasteiger partial charge in [-0.15, -0.1) is 0 Å². The summed E-state index contributed by atoms with van der Waals surface area (Å²) in [7, 11) is 0. The molecule has 0 aromatic rings. The van der Waals surface area contributed by atoms with E-state index < -0.39 is 12.1 Å². The molecule has 0 aliphatic rings. The highest BCUT2D eigenvalue weighted by atomic mass is 16.5. The molecule has 3 N–H and O–H groups in total. The third-order valence-electron chi connectivity index (χ3n) is 12.9. The first kappa shape index (κ1) is 62.1. The van der Waals surface area contributed by atoms with Gasteiger partial charge in [-0.1, -0.05) is 269 Å². The number of allylic oxidation sites excluding steroid dienone is 5. The van der Waals surface area contributed by atoms with E-state index >= 15 is 0 Å². The maximum Gasteiger partial charge on any atom is 0.305 e. The number of ether oxygens (including phenoxy) is 1. The summed E-state index contributed by atoms with van der Waals surface area (Å²) in [4.78, 5) is 24.5. The van der Waals surface area contributed by atoms with Crippen LogP contribution in [0.2, 0.25) is 0 Å². The van der Waals surface area contributed by atoms with Gasteiger partial charge in [-0.25, -0.2) is 0 Å². The van der Waals surface area contributed by atoms with Crippen molar-refractivity contribution in [3.05, 3.63) is 36.5 Å². The van der Waals surface area contributed by atoms with E-state index in [-0.39, 0.29) is 18.5 Å². The van der Waals surface area contributed by atoms with Gasteiger partial charge in [0.15, 0.2) is 0 Å². The number of carbonyl (C=O) groups excluding carboxylic acids is 2. The number of rotatable bonds is 52. The third-order valence-corrected chi connectivity index (χ3v) is 12.9. The van der Waals surface area contributed by atoms with Crippen LogP contribution in [0.1, 0.15) is 296 Å². The highest BCUT2D eigenvalue weighted by Gasteiger charge is 2.17. The SMILES string of the molecule is CCCCCCCCCCCCCCCCCC/C=C/C(O)C(CO)NC(=O)CC/C=C\C/C=C\CCCCCCCCOC(=O)CCCCCCCCCCCCCCCCCC. The second-order valence-corrected chi connectivity index (χ2v) is 19.3. The van der Waals surface area contributed by atoms with Crippen molar-refractivity contribution < 1.29 is 24.5 Å². The molecule has 0 rings (SSSR count). The zero-order chi connectivity index (χ0) is 46.5. The van der Waals surface area contributed by atoms with Gasteiger partial charge < -0.3 is 20.3 Å². The lowest BCUT2D eigenvalue weighted by molar-refractivity contribution is -0.143. The molecule has 1 amide bonds. The third kappa shape index (κ3) is 49.5. The molecule has 0 fully saturated rings. The van der Waals surface area contributed by atoms with E-state index in [9.17, 15) is 19.8 Å². The first-order valence-electron chi connectivity index (χ1n) is 28.3. The molecule has 0 spiro atoms. The fourth-order valence-electron chi connectivity index (χ4n) is 8.57. The van der Waals surface area contributed by atoms with Crippen LogP contribution in [0, 0.1) is 0 Å². The standard InChI is InChI=1S/C58H109NO5/c1-3-5-7-9-11-13-15-17-19-21-22-23-26-30-34-38-42-46-50-56(61)55(54-60)59-57(62)51-47-43-39-35-31-27-25-29-33-37-41-45-49-53-64-58(63)52-48-44-40-36-32-28-24-20-18-16-14-12-10-8-6-4-2/h27,31,39,43,46,50,55-56,60-61H,3-26,28-30,32-38,40-42,44-45,47-49,51-54H2,1-2H3,(H,59,62)/b31-27-,43-39-,50-46+. The van der Waals surface area contributed by atoms with E-state index in [1.165, 1.54) is 212 Å². The lowest BCUT2D eigenvalue weighted by Crippen LogP contribution is -2.45. The van der Waals surface area contributed by atoms with Gasteiger partial charge in [0.2, 0.25) is 5.91 Å². The van der Waals surface area contributed by atoms with Crippen LogP contribution in [0.15, 0.2) is 36.5 Å². The van der Waals surface area contributed by atoms with Crippen LogP contribution in [-0.2, 0) is 14.3 Å². The van der Waals surface area contributed by atoms with Crippen molar-refractivity contribution in [1.82, 2.24) is 5.32 Å². The topological polar surface area (TPSA) is 95.9 Å². The highest BCUT2D eigenvalue weighted by Crippen LogP contribution is 2.16. The maximum atomic E-state index is 12.4. The minimum atomic E-state index is -0.879. The van der Waals surface area contributed by atoms with Crippen LogP contribution in [0.5, 0.6) is 0 Å². The van der Waals surface area contributed by atoms with Gasteiger partial charge in [-0.3, -0.25) is 9.59 Å². The van der Waals surface area contributed by atoms with E-state index in [0.29, 0.717) is 25.9 Å². The molecule has 0 aromatic carbocycles. The molecule has 0 aliphatic heterocycles. The normalized spacial score (nSPS) is 12.9. The highest BCUT2D eigenvalue weighted by molar-refractivity contribution is 5.76. The van der Waals surface area contributed by atoms with Crippen molar-refractivity contribution in [2.45, 2.75) is 309 Å². The number of aliphatic hydroxyl groups is 2. The fourth-order valence-corrected chi connectivity index (χ4v) is 8.57. The van der Waals surface area contributed by atoms with Gasteiger partial charge in [0, 0.05) is 12.8 Å². The minimum Gasteiger partial charge on any atom is -0.466 e. The Morgan fingerprint density at radius 1 is 0.438 bits per heavy atom. The smallest absolute Gasteiger partial charge is 0.305 e. The summed E-state index contributed by atoms with van der Waals surface area (Å²) in [6, 6.07) is -0.672. The first-order valence-corrected chi connectivity index (χ1v) is 28.3. The second-order valence-electron chi connectivity index (χ2n) is 19.3. The summed E-state index contributed by atoms with van der Waals surface area (Å²) in [5.74, 6) is -0.162. The largest absolute Gasteiger partial charge is 0.466 e. The summed E-state index contributed by atoms with van der Waals surface area (Å²) >= 11 is 0. The van der Waals surface area contributed by atoms with Gasteiger partial charge >= 0.3 is 5.97 Å². The molecule has 0 heterocycles. The average Bonchev–Trinajstić information content (AvgIpc) is 3.29. The zero-order valence-electron chi connectivity index (χ0n) is 42.8. The van der Waals surface area contributed by atoms with Crippen LogP contribution in [0.4, 0.5) is 0 Å². The summed E-state index contributed by atoms with van der Waals surface area (Å²) in [5, 5.41) is 23.0. The lowest BCUT2D eigenvalue weighted by atomic mass is 10.0. The van der Waals surface area contributed by atoms with E-state index in [1.807, 2.05) is 12.2 Å². The van der Waals surface area contributed by atoms with E-state index in [2.05, 4.69) is 37.4 Å². The van der Waals surface area contributed by atoms with Crippen molar-refractivity contribution in [3.8, 4) is 0 Å². The summed E-state index contributed by atoms with van der Waals surface area (Å²) in [5.41, 5.74) is 0. The molecule has 0 aliphatic carbocycles. The van der Waals surface area contributed by atoms with Crippen molar-refractivity contribution >= 4 is 11.9 Å². The number of hydrogen-bond donors (Lipinski definition) is 3. The first-order chi connectivity index (χ1) is 31.5. The number of esters is 1. The quantitative estimate of drug-likeness (QED) is 0.0321. The Balaban J connectivity index is 3.56. The molecule has 0 bridgehead atoms. The van der Waals surface area contributed by atoms with Gasteiger partial charge in [-0.05, 0) is 51.4 Å². The molecule has 6 heteroatoms. The molecule has 64 heavy (non-hydrogen) atoms. The molecule has 376 valence electrons. The maximum absolute atomic E-state index is 12.4. The Hall–Kier alpha value is -1.92. The van der Waals surface area contributed by atoms with Crippen molar-refractivity contribution in [2.75, 3.05) is 13.2 Å². The number of amides is 1. The Morgan fingerprint density at radius 2 is 0.797 bits per heavy atom. The molecule has 0 aromatic heterocycles. The van der Waals surface area contributed by atoms with Crippen LogP contribution in [-0.4, -0.2) is 47.4 Å². The van der Waals surface area contributed by atoms with Crippen LogP contribution < -0.4 is 5.32 Å². The van der Waals surface area contributed by atoms with Crippen LogP contribution in [0.3, 0.4) is 0 Å². The lowest BCUT2D eigenvalue weighted by Gasteiger charge is -2.19. The minimum absolute atomic E-state index is 0.0151. The van der Waals surface area contributed by atoms with E-state index in [0.717, 1.165) is 51.4 Å². The Bertz CT molecular complexity index is 1040. The number of aliphatic hydroxyl groups excluding tert-OH is 2. The van der Waals surface area contributed by atoms with Crippen molar-refractivity contribution in [3.63, 3.8) is 0 Å². The number of nitrogens with one attached hydrogen (secondary N) is 1. The average molecular weight is 901 g/mol. The molecule has 0 saturated heterocycles. The molecule has 2 unspecified atom stereocenters. The summed E-state index contributed by atoms with van der Waals surface area (Å²) < 4.78 is 5.46. The number of carbonyl (C=O) groups is 2.